The minimum atomic E-state index is -0.0881. The topological polar surface area (TPSA) is 48.4 Å². The van der Waals surface area contributed by atoms with E-state index in [4.69, 9.17) is 0 Å². The van der Waals surface area contributed by atoms with Crippen LogP contribution in [0.5, 0.6) is 0 Å². The summed E-state index contributed by atoms with van der Waals surface area (Å²) in [5.41, 5.74) is 1.13. The van der Waals surface area contributed by atoms with Crippen molar-refractivity contribution in [2.24, 2.45) is 0 Å². The highest BCUT2D eigenvalue weighted by molar-refractivity contribution is 5.35. The van der Waals surface area contributed by atoms with Crippen molar-refractivity contribution in [2.45, 2.75) is 57.3 Å². The molecular formula is C15H23N3O. The summed E-state index contributed by atoms with van der Waals surface area (Å²) in [5.74, 6) is 0.962. The van der Waals surface area contributed by atoms with Crippen LogP contribution in [-0.4, -0.2) is 39.7 Å². The van der Waals surface area contributed by atoms with Crippen LogP contribution in [0, 0.1) is 0 Å². The minimum absolute atomic E-state index is 0.0881. The first-order valence-corrected chi connectivity index (χ1v) is 7.40. The third-order valence-electron chi connectivity index (χ3n) is 4.37. The van der Waals surface area contributed by atoms with Crippen molar-refractivity contribution >= 4 is 5.82 Å². The van der Waals surface area contributed by atoms with E-state index in [1.54, 1.807) is 0 Å². The molecule has 4 nitrogen and oxygen atoms in total. The van der Waals surface area contributed by atoms with E-state index < -0.39 is 0 Å². The third kappa shape index (κ3) is 2.74. The molecule has 0 amide bonds. The molecule has 3 rings (SSSR count). The van der Waals surface area contributed by atoms with Gasteiger partial charge in [0.05, 0.1) is 11.8 Å². The van der Waals surface area contributed by atoms with Gasteiger partial charge >= 0.3 is 0 Å². The van der Waals surface area contributed by atoms with E-state index in [0.717, 1.165) is 37.4 Å². The summed E-state index contributed by atoms with van der Waals surface area (Å²) < 4.78 is 0. The lowest BCUT2D eigenvalue weighted by Crippen LogP contribution is -2.44. The lowest BCUT2D eigenvalue weighted by Gasteiger charge is -2.36. The van der Waals surface area contributed by atoms with Gasteiger partial charge in [0.25, 0.3) is 0 Å². The molecule has 2 fully saturated rings. The zero-order chi connectivity index (χ0) is 13.2. The molecule has 2 N–H and O–H groups in total. The number of piperidine rings is 1. The Labute approximate surface area is 114 Å². The zero-order valence-corrected chi connectivity index (χ0v) is 11.5. The van der Waals surface area contributed by atoms with E-state index in [1.807, 2.05) is 6.07 Å². The first-order chi connectivity index (χ1) is 9.26. The predicted octanol–water partition coefficient (Wildman–Crippen LogP) is 2.00. The molecule has 1 aromatic heterocycles. The van der Waals surface area contributed by atoms with Gasteiger partial charge in [0.2, 0.25) is 0 Å². The second-order valence-corrected chi connectivity index (χ2v) is 5.73. The predicted molar refractivity (Wildman–Crippen MR) is 76.0 cm³/mol. The number of aliphatic hydroxyl groups excluding tert-OH is 1. The number of aliphatic hydroxyl groups is 1. The average molecular weight is 261 g/mol. The highest BCUT2D eigenvalue weighted by Gasteiger charge is 2.39. The Balaban J connectivity index is 1.70. The summed E-state index contributed by atoms with van der Waals surface area (Å²) in [6, 6.07) is 7.30. The smallest absolute Gasteiger partial charge is 0.126 e. The van der Waals surface area contributed by atoms with Crippen LogP contribution in [0.2, 0.25) is 0 Å². The third-order valence-corrected chi connectivity index (χ3v) is 4.37. The Morgan fingerprint density at radius 2 is 2.05 bits per heavy atom. The molecule has 3 heterocycles. The molecule has 19 heavy (non-hydrogen) atoms. The Kier molecular flexibility index (Phi) is 3.71. The molecule has 1 aromatic rings. The van der Waals surface area contributed by atoms with Crippen LogP contribution in [0.3, 0.4) is 0 Å². The van der Waals surface area contributed by atoms with Crippen LogP contribution in [0.15, 0.2) is 18.2 Å². The summed E-state index contributed by atoms with van der Waals surface area (Å²) in [4.78, 5) is 7.20. The number of anilines is 1. The Morgan fingerprint density at radius 1 is 1.32 bits per heavy atom. The van der Waals surface area contributed by atoms with E-state index in [1.165, 1.54) is 12.8 Å². The van der Waals surface area contributed by atoms with Gasteiger partial charge in [-0.2, -0.15) is 0 Å². The fourth-order valence-corrected chi connectivity index (χ4v) is 3.54. The molecule has 2 unspecified atom stereocenters. The second-order valence-electron chi connectivity index (χ2n) is 5.73. The van der Waals surface area contributed by atoms with Crippen molar-refractivity contribution < 1.29 is 5.11 Å². The molecule has 4 heteroatoms. The van der Waals surface area contributed by atoms with Crippen molar-refractivity contribution in [2.75, 3.05) is 11.9 Å². The van der Waals surface area contributed by atoms with E-state index >= 15 is 0 Å². The molecular weight excluding hydrogens is 238 g/mol. The summed E-state index contributed by atoms with van der Waals surface area (Å²) in [6.07, 6.45) is 4.24. The van der Waals surface area contributed by atoms with E-state index in [9.17, 15) is 5.11 Å². The number of nitrogens with one attached hydrogen (secondary N) is 1. The first kappa shape index (κ1) is 12.9. The summed E-state index contributed by atoms with van der Waals surface area (Å²) in [6.45, 7) is 3.90. The quantitative estimate of drug-likeness (QED) is 0.870. The first-order valence-electron chi connectivity index (χ1n) is 7.40. The number of rotatable bonds is 4. The van der Waals surface area contributed by atoms with Crippen molar-refractivity contribution in [1.29, 1.82) is 0 Å². The number of nitrogens with zero attached hydrogens (tertiary/aromatic N) is 2. The van der Waals surface area contributed by atoms with Crippen molar-refractivity contribution in [3.63, 3.8) is 0 Å². The lowest BCUT2D eigenvalue weighted by molar-refractivity contribution is 0.0304. The normalized spacial score (nSPS) is 30.5. The SMILES string of the molecule is CCNc1cccc(CN2C3CCC2CC(O)C3)n1. The Hall–Kier alpha value is -1.13. The number of hydrogen-bond donors (Lipinski definition) is 2. The molecule has 2 saturated heterocycles. The van der Waals surface area contributed by atoms with E-state index in [0.29, 0.717) is 12.1 Å². The van der Waals surface area contributed by atoms with Crippen LogP contribution in [-0.2, 0) is 6.54 Å². The number of aromatic nitrogens is 1. The van der Waals surface area contributed by atoms with Crippen LogP contribution in [0.25, 0.3) is 0 Å². The maximum atomic E-state index is 9.84. The van der Waals surface area contributed by atoms with Crippen molar-refractivity contribution in [1.82, 2.24) is 9.88 Å². The molecule has 0 saturated carbocycles. The molecule has 2 atom stereocenters. The van der Waals surface area contributed by atoms with Crippen molar-refractivity contribution in [3.05, 3.63) is 23.9 Å². The van der Waals surface area contributed by atoms with Gasteiger partial charge in [0.15, 0.2) is 0 Å². The molecule has 0 aromatic carbocycles. The van der Waals surface area contributed by atoms with Gasteiger partial charge in [0, 0.05) is 25.2 Å². The molecule has 104 valence electrons. The summed E-state index contributed by atoms with van der Waals surface area (Å²) >= 11 is 0. The molecule has 2 aliphatic rings. The summed E-state index contributed by atoms with van der Waals surface area (Å²) in [7, 11) is 0. The number of pyridine rings is 1. The monoisotopic (exact) mass is 261 g/mol. The fraction of sp³-hybridized carbons (Fsp3) is 0.667. The molecule has 2 bridgehead atoms. The van der Waals surface area contributed by atoms with Gasteiger partial charge in [-0.3, -0.25) is 4.90 Å². The number of fused-ring (bicyclic) bond motifs is 2. The molecule has 0 spiro atoms. The van der Waals surface area contributed by atoms with Crippen LogP contribution in [0.1, 0.15) is 38.3 Å². The molecule has 2 aliphatic heterocycles. The van der Waals surface area contributed by atoms with Crippen LogP contribution in [0.4, 0.5) is 5.82 Å². The highest BCUT2D eigenvalue weighted by Crippen LogP contribution is 2.36. The molecule has 0 radical (unpaired) electrons. The van der Waals surface area contributed by atoms with Gasteiger partial charge in [-0.05, 0) is 44.7 Å². The average Bonchev–Trinajstić information content (AvgIpc) is 2.63. The van der Waals surface area contributed by atoms with Gasteiger partial charge < -0.3 is 10.4 Å². The van der Waals surface area contributed by atoms with Crippen LogP contribution < -0.4 is 5.32 Å². The van der Waals surface area contributed by atoms with Gasteiger partial charge in [0.1, 0.15) is 5.82 Å². The van der Waals surface area contributed by atoms with Gasteiger partial charge in [-0.15, -0.1) is 0 Å². The standard InChI is InChI=1S/C15H23N3O/c1-2-16-15-5-3-4-11(17-15)10-18-12-6-7-13(18)9-14(19)8-12/h3-5,12-14,19H,2,6-10H2,1H3,(H,16,17). The lowest BCUT2D eigenvalue weighted by atomic mass is 10.00. The van der Waals surface area contributed by atoms with Gasteiger partial charge in [-0.1, -0.05) is 6.07 Å². The second kappa shape index (κ2) is 5.47. The van der Waals surface area contributed by atoms with Gasteiger partial charge in [-0.25, -0.2) is 4.98 Å². The minimum Gasteiger partial charge on any atom is -0.393 e. The van der Waals surface area contributed by atoms with Crippen molar-refractivity contribution in [3.8, 4) is 0 Å². The van der Waals surface area contributed by atoms with E-state index in [-0.39, 0.29) is 6.10 Å². The van der Waals surface area contributed by atoms with Crippen LogP contribution >= 0.6 is 0 Å². The fourth-order valence-electron chi connectivity index (χ4n) is 3.54. The Bertz CT molecular complexity index is 423. The maximum absolute atomic E-state index is 9.84. The number of hydrogen-bond acceptors (Lipinski definition) is 4. The largest absolute Gasteiger partial charge is 0.393 e. The zero-order valence-electron chi connectivity index (χ0n) is 11.5. The molecule has 0 aliphatic carbocycles. The van der Waals surface area contributed by atoms with E-state index in [2.05, 4.69) is 34.3 Å². The Morgan fingerprint density at radius 3 is 2.74 bits per heavy atom. The maximum Gasteiger partial charge on any atom is 0.126 e. The highest BCUT2D eigenvalue weighted by atomic mass is 16.3. The summed E-state index contributed by atoms with van der Waals surface area (Å²) in [5, 5.41) is 13.1.